The average Bonchev–Trinajstić information content (AvgIpc) is 3.23. The van der Waals surface area contributed by atoms with Gasteiger partial charge in [0.05, 0.1) is 18.0 Å². The number of hydrogen-bond acceptors (Lipinski definition) is 5. The number of methoxy groups -OCH3 is 1. The Morgan fingerprint density at radius 2 is 1.69 bits per heavy atom. The Kier molecular flexibility index (Phi) is 6.39. The zero-order valence-corrected chi connectivity index (χ0v) is 19.5. The highest BCUT2D eigenvalue weighted by molar-refractivity contribution is 7.89. The van der Waals surface area contributed by atoms with Crippen LogP contribution in [-0.2, 0) is 16.4 Å². The maximum absolute atomic E-state index is 13.0. The van der Waals surface area contributed by atoms with Crippen LogP contribution in [0.1, 0.15) is 17.2 Å². The fourth-order valence-electron chi connectivity index (χ4n) is 4.12. The van der Waals surface area contributed by atoms with E-state index in [2.05, 4.69) is 57.0 Å². The lowest BCUT2D eigenvalue weighted by atomic mass is 10.0. The summed E-state index contributed by atoms with van der Waals surface area (Å²) in [6.07, 6.45) is 0.952. The molecule has 6 nitrogen and oxygen atoms in total. The standard InChI is InChI=1S/C25H29N3O3S/c1-27(2)21-10-8-20(9-11-21)25(28-17-16-19-6-4-5-7-24(19)28)18-26-32(29,30)23-14-12-22(31-3)13-15-23/h4-15,25-26H,16-18H2,1-3H3/t25-/m1/s1. The highest BCUT2D eigenvalue weighted by atomic mass is 32.2. The number of rotatable bonds is 8. The lowest BCUT2D eigenvalue weighted by molar-refractivity contribution is 0.414. The molecule has 1 aliphatic rings. The molecule has 4 rings (SSSR count). The number of anilines is 2. The Morgan fingerprint density at radius 1 is 1.00 bits per heavy atom. The Balaban J connectivity index is 1.62. The first kappa shape index (κ1) is 22.2. The molecule has 0 spiro atoms. The Bertz CT molecular complexity index is 1160. The molecule has 32 heavy (non-hydrogen) atoms. The summed E-state index contributed by atoms with van der Waals surface area (Å²) in [5, 5.41) is 0. The lowest BCUT2D eigenvalue weighted by Crippen LogP contribution is -2.37. The van der Waals surface area contributed by atoms with Crippen LogP contribution in [0.4, 0.5) is 11.4 Å². The summed E-state index contributed by atoms with van der Waals surface area (Å²) in [5.74, 6) is 0.622. The van der Waals surface area contributed by atoms with Gasteiger partial charge >= 0.3 is 0 Å². The van der Waals surface area contributed by atoms with Crippen LogP contribution in [-0.4, -0.2) is 42.7 Å². The van der Waals surface area contributed by atoms with E-state index in [0.29, 0.717) is 5.75 Å². The molecule has 3 aromatic rings. The first-order chi connectivity index (χ1) is 15.4. The van der Waals surface area contributed by atoms with Crippen LogP contribution in [0.2, 0.25) is 0 Å². The number of ether oxygens (including phenoxy) is 1. The van der Waals surface area contributed by atoms with Crippen LogP contribution in [0, 0.1) is 0 Å². The van der Waals surface area contributed by atoms with E-state index in [1.54, 1.807) is 31.4 Å². The van der Waals surface area contributed by atoms with Crippen molar-refractivity contribution in [2.75, 3.05) is 44.1 Å². The minimum atomic E-state index is -3.66. The van der Waals surface area contributed by atoms with E-state index in [0.717, 1.165) is 29.9 Å². The molecular weight excluding hydrogens is 422 g/mol. The zero-order valence-electron chi connectivity index (χ0n) is 18.7. The van der Waals surface area contributed by atoms with E-state index < -0.39 is 10.0 Å². The lowest BCUT2D eigenvalue weighted by Gasteiger charge is -2.31. The van der Waals surface area contributed by atoms with E-state index in [1.165, 1.54) is 5.56 Å². The summed E-state index contributed by atoms with van der Waals surface area (Å²) in [6, 6.07) is 23.0. The van der Waals surface area contributed by atoms with Crippen LogP contribution in [0.15, 0.2) is 77.7 Å². The summed E-state index contributed by atoms with van der Waals surface area (Å²) in [6.45, 7) is 1.12. The van der Waals surface area contributed by atoms with Crippen molar-refractivity contribution >= 4 is 21.4 Å². The number of hydrogen-bond donors (Lipinski definition) is 1. The van der Waals surface area contributed by atoms with Crippen molar-refractivity contribution in [2.45, 2.75) is 17.4 Å². The third-order valence-corrected chi connectivity index (χ3v) is 7.37. The maximum atomic E-state index is 13.0. The van der Waals surface area contributed by atoms with E-state index in [1.807, 2.05) is 20.2 Å². The van der Waals surface area contributed by atoms with Crippen molar-refractivity contribution in [1.29, 1.82) is 0 Å². The van der Waals surface area contributed by atoms with E-state index >= 15 is 0 Å². The van der Waals surface area contributed by atoms with Crippen LogP contribution in [0.3, 0.4) is 0 Å². The summed E-state index contributed by atoms with van der Waals surface area (Å²) in [5.41, 5.74) is 4.64. The molecule has 1 atom stereocenters. The van der Waals surface area contributed by atoms with Crippen molar-refractivity contribution < 1.29 is 13.2 Å². The number of para-hydroxylation sites is 1. The van der Waals surface area contributed by atoms with E-state index in [4.69, 9.17) is 4.74 Å². The second-order valence-corrected chi connectivity index (χ2v) is 9.87. The molecule has 0 saturated heterocycles. The zero-order chi connectivity index (χ0) is 22.7. The van der Waals surface area contributed by atoms with Crippen LogP contribution in [0.5, 0.6) is 5.75 Å². The van der Waals surface area contributed by atoms with Gasteiger partial charge in [-0.3, -0.25) is 0 Å². The smallest absolute Gasteiger partial charge is 0.240 e. The molecule has 0 aliphatic carbocycles. The van der Waals surface area contributed by atoms with E-state index in [9.17, 15) is 8.42 Å². The van der Waals surface area contributed by atoms with Crippen molar-refractivity contribution in [3.05, 3.63) is 83.9 Å². The molecule has 0 aromatic heterocycles. The van der Waals surface area contributed by atoms with Gasteiger partial charge in [0.1, 0.15) is 5.75 Å². The number of sulfonamides is 1. The van der Waals surface area contributed by atoms with Gasteiger partial charge in [-0.1, -0.05) is 30.3 Å². The molecule has 3 aromatic carbocycles. The Morgan fingerprint density at radius 3 is 2.34 bits per heavy atom. The monoisotopic (exact) mass is 451 g/mol. The van der Waals surface area contributed by atoms with Crippen molar-refractivity contribution in [3.63, 3.8) is 0 Å². The molecule has 0 fully saturated rings. The Labute approximate surface area is 190 Å². The summed E-state index contributed by atoms with van der Waals surface area (Å²) in [7, 11) is 1.91. The molecule has 0 saturated carbocycles. The van der Waals surface area contributed by atoms with Gasteiger partial charge in [-0.25, -0.2) is 13.1 Å². The van der Waals surface area contributed by atoms with Gasteiger partial charge in [0.15, 0.2) is 0 Å². The number of nitrogens with zero attached hydrogens (tertiary/aromatic N) is 2. The second-order valence-electron chi connectivity index (χ2n) is 8.10. The maximum Gasteiger partial charge on any atom is 0.240 e. The molecule has 0 radical (unpaired) electrons. The average molecular weight is 452 g/mol. The molecule has 0 unspecified atom stereocenters. The minimum Gasteiger partial charge on any atom is -0.497 e. The molecule has 7 heteroatoms. The normalized spacial score (nSPS) is 14.2. The topological polar surface area (TPSA) is 61.9 Å². The third kappa shape index (κ3) is 4.59. The molecule has 1 N–H and O–H groups in total. The fourth-order valence-corrected chi connectivity index (χ4v) is 5.16. The minimum absolute atomic E-state index is 0.122. The van der Waals surface area contributed by atoms with Gasteiger partial charge in [0.25, 0.3) is 0 Å². The highest BCUT2D eigenvalue weighted by Gasteiger charge is 2.28. The van der Waals surface area contributed by atoms with Crippen molar-refractivity contribution in [2.24, 2.45) is 0 Å². The quantitative estimate of drug-likeness (QED) is 0.564. The predicted octanol–water partition coefficient (Wildman–Crippen LogP) is 3.84. The summed E-state index contributed by atoms with van der Waals surface area (Å²) < 4.78 is 34.0. The van der Waals surface area contributed by atoms with Crippen molar-refractivity contribution in [1.82, 2.24) is 4.72 Å². The first-order valence-electron chi connectivity index (χ1n) is 10.6. The number of fused-ring (bicyclic) bond motifs is 1. The SMILES string of the molecule is COc1ccc(S(=O)(=O)NC[C@H](c2ccc(N(C)C)cc2)N2CCc3ccccc32)cc1. The predicted molar refractivity (Wildman–Crippen MR) is 129 cm³/mol. The van der Waals surface area contributed by atoms with Crippen molar-refractivity contribution in [3.8, 4) is 5.75 Å². The number of nitrogens with one attached hydrogen (secondary N) is 1. The first-order valence-corrected chi connectivity index (χ1v) is 12.1. The highest BCUT2D eigenvalue weighted by Crippen LogP contribution is 2.35. The largest absolute Gasteiger partial charge is 0.497 e. The van der Waals surface area contributed by atoms with Crippen LogP contribution < -0.4 is 19.3 Å². The van der Waals surface area contributed by atoms with Gasteiger partial charge in [-0.05, 0) is 60.0 Å². The molecule has 0 bridgehead atoms. The molecule has 1 heterocycles. The molecule has 1 aliphatic heterocycles. The second kappa shape index (κ2) is 9.22. The fraction of sp³-hybridized carbons (Fsp3) is 0.280. The van der Waals surface area contributed by atoms with Gasteiger partial charge in [-0.2, -0.15) is 0 Å². The van der Waals surface area contributed by atoms with Gasteiger partial charge in [0.2, 0.25) is 10.0 Å². The molecule has 0 amide bonds. The number of benzene rings is 3. The van der Waals surface area contributed by atoms with Gasteiger partial charge < -0.3 is 14.5 Å². The molecule has 168 valence electrons. The Hall–Kier alpha value is -3.03. The van der Waals surface area contributed by atoms with Gasteiger partial charge in [0, 0.05) is 38.6 Å². The molecular formula is C25H29N3O3S. The van der Waals surface area contributed by atoms with Crippen LogP contribution >= 0.6 is 0 Å². The van der Waals surface area contributed by atoms with Crippen LogP contribution in [0.25, 0.3) is 0 Å². The van der Waals surface area contributed by atoms with Gasteiger partial charge in [-0.15, -0.1) is 0 Å². The third-order valence-electron chi connectivity index (χ3n) is 5.93. The summed E-state index contributed by atoms with van der Waals surface area (Å²) >= 11 is 0. The summed E-state index contributed by atoms with van der Waals surface area (Å²) in [4.78, 5) is 4.58. The van der Waals surface area contributed by atoms with E-state index in [-0.39, 0.29) is 17.5 Å².